The Hall–Kier alpha value is -0.570. The minimum atomic E-state index is -0.284. The third kappa shape index (κ3) is 4.12. The summed E-state index contributed by atoms with van der Waals surface area (Å²) in [6, 6.07) is 0.314. The van der Waals surface area contributed by atoms with Gasteiger partial charge in [-0.1, -0.05) is 27.7 Å². The maximum atomic E-state index is 11.9. The Morgan fingerprint density at radius 2 is 2.00 bits per heavy atom. The summed E-state index contributed by atoms with van der Waals surface area (Å²) in [6.07, 6.45) is 2.34. The number of carbonyl (C=O) groups is 1. The molecule has 3 nitrogen and oxygen atoms in total. The van der Waals surface area contributed by atoms with Gasteiger partial charge >= 0.3 is 0 Å². The molecule has 1 fully saturated rings. The summed E-state index contributed by atoms with van der Waals surface area (Å²) < 4.78 is 0. The monoisotopic (exact) mass is 226 g/mol. The van der Waals surface area contributed by atoms with Crippen molar-refractivity contribution in [2.45, 2.75) is 46.6 Å². The molecule has 3 heteroatoms. The van der Waals surface area contributed by atoms with E-state index in [0.29, 0.717) is 12.0 Å². The number of hydrogen-bond donors (Lipinski definition) is 1. The maximum Gasteiger partial charge on any atom is 0.225 e. The van der Waals surface area contributed by atoms with Gasteiger partial charge in [0.2, 0.25) is 5.91 Å². The Kier molecular flexibility index (Phi) is 4.36. The van der Waals surface area contributed by atoms with E-state index >= 15 is 0 Å². The highest BCUT2D eigenvalue weighted by atomic mass is 16.2. The molecule has 0 aromatic carbocycles. The number of amides is 1. The van der Waals surface area contributed by atoms with Crippen LogP contribution in [0.1, 0.15) is 40.5 Å². The summed E-state index contributed by atoms with van der Waals surface area (Å²) in [5, 5.41) is 3.18. The number of likely N-dealkylation sites (tertiary alicyclic amines) is 1. The zero-order chi connectivity index (χ0) is 12.3. The van der Waals surface area contributed by atoms with Crippen molar-refractivity contribution in [3.63, 3.8) is 0 Å². The first-order valence-corrected chi connectivity index (χ1v) is 6.28. The van der Waals surface area contributed by atoms with Crippen LogP contribution in [0, 0.1) is 11.3 Å². The average Bonchev–Trinajstić information content (AvgIpc) is 2.26. The first-order valence-electron chi connectivity index (χ1n) is 6.28. The number of rotatable bonds is 1. The highest BCUT2D eigenvalue weighted by Gasteiger charge is 2.26. The molecule has 0 aromatic heterocycles. The summed E-state index contributed by atoms with van der Waals surface area (Å²) in [6.45, 7) is 10.3. The molecular formula is C13H26N2O. The van der Waals surface area contributed by atoms with Gasteiger partial charge in [-0.15, -0.1) is 0 Å². The molecule has 1 saturated heterocycles. The predicted octanol–water partition coefficient (Wildman–Crippen LogP) is 1.88. The molecule has 1 N–H and O–H groups in total. The highest BCUT2D eigenvalue weighted by Crippen LogP contribution is 2.18. The summed E-state index contributed by atoms with van der Waals surface area (Å²) >= 11 is 0. The van der Waals surface area contributed by atoms with Crippen LogP contribution in [0.25, 0.3) is 0 Å². The lowest BCUT2D eigenvalue weighted by atomic mass is 9.94. The summed E-state index contributed by atoms with van der Waals surface area (Å²) in [5.74, 6) is 0.871. The van der Waals surface area contributed by atoms with Crippen molar-refractivity contribution in [2.75, 3.05) is 20.1 Å². The molecule has 94 valence electrons. The van der Waals surface area contributed by atoms with Gasteiger partial charge < -0.3 is 10.2 Å². The Morgan fingerprint density at radius 1 is 1.38 bits per heavy atom. The van der Waals surface area contributed by atoms with Crippen LogP contribution >= 0.6 is 0 Å². The fourth-order valence-electron chi connectivity index (χ4n) is 2.09. The van der Waals surface area contributed by atoms with Gasteiger partial charge in [0, 0.05) is 18.0 Å². The summed E-state index contributed by atoms with van der Waals surface area (Å²) in [4.78, 5) is 14.2. The zero-order valence-corrected chi connectivity index (χ0v) is 11.3. The van der Waals surface area contributed by atoms with Gasteiger partial charge in [0.15, 0.2) is 0 Å². The van der Waals surface area contributed by atoms with Gasteiger partial charge in [-0.2, -0.15) is 0 Å². The second kappa shape index (κ2) is 5.17. The second-order valence-corrected chi connectivity index (χ2v) is 6.31. The van der Waals surface area contributed by atoms with Crippen molar-refractivity contribution < 1.29 is 4.79 Å². The van der Waals surface area contributed by atoms with Crippen LogP contribution in [0.4, 0.5) is 0 Å². The van der Waals surface area contributed by atoms with Crippen molar-refractivity contribution in [1.82, 2.24) is 10.2 Å². The van der Waals surface area contributed by atoms with Crippen molar-refractivity contribution in [3.8, 4) is 0 Å². The summed E-state index contributed by atoms with van der Waals surface area (Å²) in [5.41, 5.74) is -0.284. The van der Waals surface area contributed by atoms with Gasteiger partial charge in [-0.25, -0.2) is 0 Å². The van der Waals surface area contributed by atoms with Crippen molar-refractivity contribution in [1.29, 1.82) is 0 Å². The van der Waals surface area contributed by atoms with E-state index in [2.05, 4.69) is 24.2 Å². The van der Waals surface area contributed by atoms with Crippen molar-refractivity contribution in [2.24, 2.45) is 11.3 Å². The lowest BCUT2D eigenvalue weighted by Gasteiger charge is -2.26. The molecule has 0 spiro atoms. The largest absolute Gasteiger partial charge is 0.352 e. The van der Waals surface area contributed by atoms with Gasteiger partial charge in [-0.05, 0) is 32.4 Å². The van der Waals surface area contributed by atoms with E-state index in [-0.39, 0.29) is 11.3 Å². The quantitative estimate of drug-likeness (QED) is 0.740. The van der Waals surface area contributed by atoms with Crippen LogP contribution in [-0.4, -0.2) is 37.0 Å². The fourth-order valence-corrected chi connectivity index (χ4v) is 2.09. The van der Waals surface area contributed by atoms with E-state index in [9.17, 15) is 4.79 Å². The smallest absolute Gasteiger partial charge is 0.225 e. The van der Waals surface area contributed by atoms with Gasteiger partial charge in [0.25, 0.3) is 0 Å². The number of hydrogen-bond acceptors (Lipinski definition) is 2. The van der Waals surface area contributed by atoms with Crippen molar-refractivity contribution >= 4 is 5.91 Å². The highest BCUT2D eigenvalue weighted by molar-refractivity contribution is 5.81. The molecule has 16 heavy (non-hydrogen) atoms. The number of carbonyl (C=O) groups excluding carboxylic acids is 1. The number of likely N-dealkylation sites (N-methyl/N-ethyl adjacent to an activating group) is 1. The van der Waals surface area contributed by atoms with E-state index in [4.69, 9.17) is 0 Å². The molecule has 0 saturated carbocycles. The Balaban J connectivity index is 2.55. The zero-order valence-electron chi connectivity index (χ0n) is 11.3. The van der Waals surface area contributed by atoms with Crippen LogP contribution in [0.5, 0.6) is 0 Å². The first kappa shape index (κ1) is 13.5. The first-order chi connectivity index (χ1) is 7.29. The van der Waals surface area contributed by atoms with Crippen molar-refractivity contribution in [3.05, 3.63) is 0 Å². The molecule has 1 rings (SSSR count). The number of nitrogens with zero attached hydrogens (tertiary/aromatic N) is 1. The van der Waals surface area contributed by atoms with E-state index in [1.165, 1.54) is 6.42 Å². The molecule has 1 aliphatic heterocycles. The molecule has 1 heterocycles. The van der Waals surface area contributed by atoms with E-state index in [1.54, 1.807) is 0 Å². The van der Waals surface area contributed by atoms with Gasteiger partial charge in [0.05, 0.1) is 0 Å². The topological polar surface area (TPSA) is 32.3 Å². The molecule has 2 atom stereocenters. The molecule has 0 radical (unpaired) electrons. The Labute approximate surface area is 99.6 Å². The fraction of sp³-hybridized carbons (Fsp3) is 0.923. The average molecular weight is 226 g/mol. The molecule has 0 aromatic rings. The van der Waals surface area contributed by atoms with Crippen LogP contribution in [-0.2, 0) is 4.79 Å². The standard InChI is InChI=1S/C13H26N2O/c1-10-6-7-15(5)9-11(8-10)14-12(16)13(2,3)4/h10-11H,6-9H2,1-5H3,(H,14,16). The van der Waals surface area contributed by atoms with Crippen LogP contribution in [0.2, 0.25) is 0 Å². The van der Waals surface area contributed by atoms with E-state index in [0.717, 1.165) is 19.5 Å². The van der Waals surface area contributed by atoms with E-state index in [1.807, 2.05) is 20.8 Å². The lowest BCUT2D eigenvalue weighted by Crippen LogP contribution is -2.46. The van der Waals surface area contributed by atoms with Crippen LogP contribution < -0.4 is 5.32 Å². The van der Waals surface area contributed by atoms with E-state index < -0.39 is 0 Å². The SMILES string of the molecule is CC1CCN(C)CC(NC(=O)C(C)(C)C)C1. The van der Waals surface area contributed by atoms with Crippen LogP contribution in [0.3, 0.4) is 0 Å². The second-order valence-electron chi connectivity index (χ2n) is 6.31. The molecule has 0 bridgehead atoms. The Morgan fingerprint density at radius 3 is 2.56 bits per heavy atom. The molecule has 2 unspecified atom stereocenters. The molecule has 0 aliphatic carbocycles. The third-order valence-corrected chi connectivity index (χ3v) is 3.24. The maximum absolute atomic E-state index is 11.9. The lowest BCUT2D eigenvalue weighted by molar-refractivity contribution is -0.129. The third-order valence-electron chi connectivity index (χ3n) is 3.24. The van der Waals surface area contributed by atoms with Gasteiger partial charge in [0.1, 0.15) is 0 Å². The normalized spacial score (nSPS) is 28.6. The minimum Gasteiger partial charge on any atom is -0.352 e. The van der Waals surface area contributed by atoms with Crippen LogP contribution in [0.15, 0.2) is 0 Å². The minimum absolute atomic E-state index is 0.167. The van der Waals surface area contributed by atoms with Gasteiger partial charge in [-0.3, -0.25) is 4.79 Å². The molecule has 1 aliphatic rings. The Bertz CT molecular complexity index is 233. The predicted molar refractivity (Wildman–Crippen MR) is 67.3 cm³/mol. The summed E-state index contributed by atoms with van der Waals surface area (Å²) in [7, 11) is 2.13. The molecule has 1 amide bonds. The number of nitrogens with one attached hydrogen (secondary N) is 1. The molecular weight excluding hydrogens is 200 g/mol.